The summed E-state index contributed by atoms with van der Waals surface area (Å²) in [6, 6.07) is 12.9. The van der Waals surface area contributed by atoms with Gasteiger partial charge >= 0.3 is 0 Å². The van der Waals surface area contributed by atoms with Gasteiger partial charge in [-0.15, -0.1) is 0 Å². The van der Waals surface area contributed by atoms with E-state index in [0.29, 0.717) is 25.3 Å². The molecule has 0 spiro atoms. The van der Waals surface area contributed by atoms with Crippen molar-refractivity contribution in [3.63, 3.8) is 0 Å². The van der Waals surface area contributed by atoms with Gasteiger partial charge in [0.15, 0.2) is 5.69 Å². The second-order valence-electron chi connectivity index (χ2n) is 8.10. The third-order valence-corrected chi connectivity index (χ3v) is 5.82. The smallest absolute Gasteiger partial charge is 0.272 e. The Kier molecular flexibility index (Phi) is 5.45. The Morgan fingerprint density at radius 2 is 1.94 bits per heavy atom. The maximum atomic E-state index is 14.7. The first-order chi connectivity index (χ1) is 15.6. The first kappa shape index (κ1) is 20.4. The number of carbonyl (C=O) groups is 1. The molecule has 1 aliphatic rings. The molecule has 0 saturated carbocycles. The average molecular weight is 433 g/mol. The second-order valence-corrected chi connectivity index (χ2v) is 8.10. The Bertz CT molecular complexity index is 1260. The highest BCUT2D eigenvalue weighted by Crippen LogP contribution is 2.24. The fraction of sp³-hybridized carbons (Fsp3) is 0.292. The average Bonchev–Trinajstić information content (AvgIpc) is 3.40. The fourth-order valence-electron chi connectivity index (χ4n) is 4.11. The fourth-order valence-corrected chi connectivity index (χ4v) is 4.11. The van der Waals surface area contributed by atoms with Crippen LogP contribution >= 0.6 is 0 Å². The molecule has 2 aromatic carbocycles. The molecular formula is C24H24FN5O2. The molecule has 8 heteroatoms. The van der Waals surface area contributed by atoms with Gasteiger partial charge in [0, 0.05) is 38.1 Å². The number of carbonyl (C=O) groups excluding carboxylic acids is 1. The van der Waals surface area contributed by atoms with Crippen molar-refractivity contribution in [2.45, 2.75) is 25.4 Å². The third kappa shape index (κ3) is 4.01. The van der Waals surface area contributed by atoms with Gasteiger partial charge < -0.3 is 10.1 Å². The molecule has 164 valence electrons. The molecule has 0 unspecified atom stereocenters. The zero-order chi connectivity index (χ0) is 22.1. The van der Waals surface area contributed by atoms with Gasteiger partial charge in [-0.05, 0) is 36.1 Å². The number of aryl methyl sites for hydroxylation is 1. The molecule has 0 bridgehead atoms. The van der Waals surface area contributed by atoms with Crippen molar-refractivity contribution in [2.24, 2.45) is 7.05 Å². The van der Waals surface area contributed by atoms with Crippen molar-refractivity contribution >= 4 is 16.8 Å². The van der Waals surface area contributed by atoms with Gasteiger partial charge in [0.1, 0.15) is 5.82 Å². The Morgan fingerprint density at radius 1 is 1.16 bits per heavy atom. The van der Waals surface area contributed by atoms with E-state index >= 15 is 0 Å². The largest absolute Gasteiger partial charge is 0.381 e. The lowest BCUT2D eigenvalue weighted by Crippen LogP contribution is -2.39. The Labute approximate surface area is 184 Å². The predicted molar refractivity (Wildman–Crippen MR) is 119 cm³/mol. The molecule has 32 heavy (non-hydrogen) atoms. The summed E-state index contributed by atoms with van der Waals surface area (Å²) in [6.07, 6.45) is 5.27. The number of nitrogens with one attached hydrogen (secondary N) is 1. The first-order valence-corrected chi connectivity index (χ1v) is 10.7. The third-order valence-electron chi connectivity index (χ3n) is 5.82. The minimum absolute atomic E-state index is 0.0169. The Balaban J connectivity index is 1.43. The SMILES string of the molecule is Cn1cc(-c2ccc(Cn3nc(C(=O)NC4CCOCC4)c4c(F)cccc43)cc2)cn1. The molecule has 7 nitrogen and oxygen atoms in total. The molecular weight excluding hydrogens is 409 g/mol. The van der Waals surface area contributed by atoms with Crippen LogP contribution in [0.2, 0.25) is 0 Å². The molecule has 1 saturated heterocycles. The van der Waals surface area contributed by atoms with Crippen LogP contribution in [-0.2, 0) is 18.3 Å². The molecule has 2 aromatic heterocycles. The summed E-state index contributed by atoms with van der Waals surface area (Å²) in [5.74, 6) is -0.796. The van der Waals surface area contributed by atoms with E-state index in [1.807, 2.05) is 43.7 Å². The van der Waals surface area contributed by atoms with Gasteiger partial charge in [-0.2, -0.15) is 10.2 Å². The van der Waals surface area contributed by atoms with E-state index in [2.05, 4.69) is 15.5 Å². The number of rotatable bonds is 5. The maximum absolute atomic E-state index is 14.7. The molecule has 1 amide bonds. The lowest BCUT2D eigenvalue weighted by atomic mass is 10.1. The number of aromatic nitrogens is 4. The second kappa shape index (κ2) is 8.55. The molecule has 3 heterocycles. The molecule has 1 aliphatic heterocycles. The molecule has 1 N–H and O–H groups in total. The van der Waals surface area contributed by atoms with Crippen LogP contribution in [0.25, 0.3) is 22.0 Å². The van der Waals surface area contributed by atoms with Crippen LogP contribution in [-0.4, -0.2) is 44.7 Å². The van der Waals surface area contributed by atoms with Crippen molar-refractivity contribution in [2.75, 3.05) is 13.2 Å². The van der Waals surface area contributed by atoms with Gasteiger partial charge in [-0.3, -0.25) is 14.2 Å². The number of fused-ring (bicyclic) bond motifs is 1. The van der Waals surface area contributed by atoms with E-state index in [4.69, 9.17) is 4.74 Å². The topological polar surface area (TPSA) is 74.0 Å². The van der Waals surface area contributed by atoms with Crippen LogP contribution in [0, 0.1) is 5.82 Å². The van der Waals surface area contributed by atoms with Gasteiger partial charge in [-0.25, -0.2) is 4.39 Å². The van der Waals surface area contributed by atoms with E-state index < -0.39 is 5.82 Å². The standard InChI is InChI=1S/C24H24FN5O2/c1-29-15-18(13-26-29)17-7-5-16(6-8-17)14-30-21-4-2-3-20(25)22(21)23(28-30)24(31)27-19-9-11-32-12-10-19/h2-8,13,15,19H,9-12,14H2,1H3,(H,27,31). The van der Waals surface area contributed by atoms with Crippen LogP contribution in [0.15, 0.2) is 54.9 Å². The van der Waals surface area contributed by atoms with Gasteiger partial charge in [-0.1, -0.05) is 30.3 Å². The lowest BCUT2D eigenvalue weighted by Gasteiger charge is -2.22. The highest BCUT2D eigenvalue weighted by Gasteiger charge is 2.23. The first-order valence-electron chi connectivity index (χ1n) is 10.7. The number of hydrogen-bond donors (Lipinski definition) is 1. The quantitative estimate of drug-likeness (QED) is 0.523. The normalized spacial score (nSPS) is 14.7. The maximum Gasteiger partial charge on any atom is 0.272 e. The van der Waals surface area contributed by atoms with Crippen molar-refractivity contribution < 1.29 is 13.9 Å². The molecule has 1 fully saturated rings. The zero-order valence-electron chi connectivity index (χ0n) is 17.8. The summed E-state index contributed by atoms with van der Waals surface area (Å²) < 4.78 is 23.5. The number of ether oxygens (including phenoxy) is 1. The number of hydrogen-bond acceptors (Lipinski definition) is 4. The van der Waals surface area contributed by atoms with Crippen molar-refractivity contribution in [3.05, 3.63) is 71.9 Å². The van der Waals surface area contributed by atoms with E-state index in [1.165, 1.54) is 6.07 Å². The molecule has 0 radical (unpaired) electrons. The number of benzene rings is 2. The van der Waals surface area contributed by atoms with Crippen molar-refractivity contribution in [1.82, 2.24) is 24.9 Å². The summed E-state index contributed by atoms with van der Waals surface area (Å²) in [6.45, 7) is 1.66. The number of nitrogens with zero attached hydrogens (tertiary/aromatic N) is 4. The van der Waals surface area contributed by atoms with E-state index in [9.17, 15) is 9.18 Å². The van der Waals surface area contributed by atoms with Crippen LogP contribution in [0.3, 0.4) is 0 Å². The van der Waals surface area contributed by atoms with Gasteiger partial charge in [0.05, 0.1) is 23.6 Å². The van der Waals surface area contributed by atoms with Crippen LogP contribution in [0.1, 0.15) is 28.9 Å². The number of halogens is 1. The summed E-state index contributed by atoms with van der Waals surface area (Å²) in [5, 5.41) is 12.0. The minimum Gasteiger partial charge on any atom is -0.381 e. The summed E-state index contributed by atoms with van der Waals surface area (Å²) in [5.41, 5.74) is 3.82. The van der Waals surface area contributed by atoms with Crippen LogP contribution in [0.5, 0.6) is 0 Å². The van der Waals surface area contributed by atoms with Crippen molar-refractivity contribution in [1.29, 1.82) is 0 Å². The molecule has 0 atom stereocenters. The highest BCUT2D eigenvalue weighted by molar-refractivity contribution is 6.05. The molecule has 4 aromatic rings. The van der Waals surface area contributed by atoms with Crippen LogP contribution < -0.4 is 5.32 Å². The Morgan fingerprint density at radius 3 is 2.66 bits per heavy atom. The summed E-state index contributed by atoms with van der Waals surface area (Å²) in [4.78, 5) is 12.9. The van der Waals surface area contributed by atoms with E-state index in [0.717, 1.165) is 29.5 Å². The monoisotopic (exact) mass is 433 g/mol. The summed E-state index contributed by atoms with van der Waals surface area (Å²) in [7, 11) is 1.88. The lowest BCUT2D eigenvalue weighted by molar-refractivity contribution is 0.0694. The van der Waals surface area contributed by atoms with Crippen molar-refractivity contribution in [3.8, 4) is 11.1 Å². The summed E-state index contributed by atoms with van der Waals surface area (Å²) >= 11 is 0. The van der Waals surface area contributed by atoms with E-state index in [1.54, 1.807) is 21.5 Å². The van der Waals surface area contributed by atoms with Crippen LogP contribution in [0.4, 0.5) is 4.39 Å². The van der Waals surface area contributed by atoms with Gasteiger partial charge in [0.25, 0.3) is 5.91 Å². The highest BCUT2D eigenvalue weighted by atomic mass is 19.1. The van der Waals surface area contributed by atoms with Gasteiger partial charge in [0.2, 0.25) is 0 Å². The molecule has 0 aliphatic carbocycles. The zero-order valence-corrected chi connectivity index (χ0v) is 17.8. The number of amides is 1. The minimum atomic E-state index is -0.446. The predicted octanol–water partition coefficient (Wildman–Crippen LogP) is 3.53. The molecule has 5 rings (SSSR count). The van der Waals surface area contributed by atoms with E-state index in [-0.39, 0.29) is 23.0 Å². The Hall–Kier alpha value is -3.52.